The van der Waals surface area contributed by atoms with Gasteiger partial charge in [-0.25, -0.2) is 4.39 Å². The van der Waals surface area contributed by atoms with Crippen molar-refractivity contribution in [3.8, 4) is 11.5 Å². The highest BCUT2D eigenvalue weighted by atomic mass is 19.1. The summed E-state index contributed by atoms with van der Waals surface area (Å²) in [4.78, 5) is 26.8. The summed E-state index contributed by atoms with van der Waals surface area (Å²) in [5.41, 5.74) is 0.792. The van der Waals surface area contributed by atoms with Crippen molar-refractivity contribution < 1.29 is 23.5 Å². The summed E-state index contributed by atoms with van der Waals surface area (Å²) in [7, 11) is 3.08. The fourth-order valence-electron chi connectivity index (χ4n) is 3.24. The number of amides is 2. The van der Waals surface area contributed by atoms with Gasteiger partial charge in [-0.2, -0.15) is 0 Å². The number of methoxy groups -OCH3 is 2. The number of ether oxygens (including phenoxy) is 2. The van der Waals surface area contributed by atoms with Crippen molar-refractivity contribution in [2.45, 2.75) is 18.9 Å². The highest BCUT2D eigenvalue weighted by molar-refractivity contribution is 5.95. The fourth-order valence-corrected chi connectivity index (χ4v) is 3.24. The largest absolute Gasteiger partial charge is 0.497 e. The Morgan fingerprint density at radius 1 is 1.00 bits per heavy atom. The maximum absolute atomic E-state index is 13.3. The molecule has 1 aliphatic rings. The van der Waals surface area contributed by atoms with Gasteiger partial charge < -0.3 is 19.7 Å². The van der Waals surface area contributed by atoms with Crippen molar-refractivity contribution >= 4 is 11.8 Å². The number of piperidine rings is 1. The summed E-state index contributed by atoms with van der Waals surface area (Å²) < 4.78 is 23.7. The molecule has 0 aliphatic carbocycles. The van der Waals surface area contributed by atoms with E-state index in [9.17, 15) is 14.0 Å². The second-order valence-electron chi connectivity index (χ2n) is 6.65. The summed E-state index contributed by atoms with van der Waals surface area (Å²) in [5.74, 6) is 0.260. The van der Waals surface area contributed by atoms with Gasteiger partial charge in [0, 0.05) is 36.3 Å². The van der Waals surface area contributed by atoms with Crippen LogP contribution in [0.2, 0.25) is 0 Å². The predicted octanol–water partition coefficient (Wildman–Crippen LogP) is 2.88. The van der Waals surface area contributed by atoms with Gasteiger partial charge in [0.1, 0.15) is 17.3 Å². The predicted molar refractivity (Wildman–Crippen MR) is 102 cm³/mol. The first-order valence-corrected chi connectivity index (χ1v) is 9.09. The van der Waals surface area contributed by atoms with Crippen LogP contribution in [-0.4, -0.2) is 50.1 Å². The van der Waals surface area contributed by atoms with Gasteiger partial charge in [-0.3, -0.25) is 9.59 Å². The molecule has 1 aliphatic heterocycles. The lowest BCUT2D eigenvalue weighted by Crippen LogP contribution is -2.46. The number of benzene rings is 2. The molecule has 28 heavy (non-hydrogen) atoms. The minimum absolute atomic E-state index is 0.0559. The van der Waals surface area contributed by atoms with Gasteiger partial charge >= 0.3 is 0 Å². The number of likely N-dealkylation sites (tertiary alicyclic amines) is 1. The molecule has 1 fully saturated rings. The Hall–Kier alpha value is -3.09. The number of hydrogen-bond donors (Lipinski definition) is 1. The van der Waals surface area contributed by atoms with Crippen LogP contribution in [0.15, 0.2) is 42.5 Å². The number of rotatable bonds is 5. The third kappa shape index (κ3) is 4.60. The minimum Gasteiger partial charge on any atom is -0.497 e. The van der Waals surface area contributed by atoms with Gasteiger partial charge in [-0.15, -0.1) is 0 Å². The highest BCUT2D eigenvalue weighted by Gasteiger charge is 2.25. The van der Waals surface area contributed by atoms with E-state index in [2.05, 4.69) is 5.32 Å². The van der Waals surface area contributed by atoms with E-state index < -0.39 is 5.82 Å². The molecule has 0 bridgehead atoms. The summed E-state index contributed by atoms with van der Waals surface area (Å²) in [6.45, 7) is 1.04. The summed E-state index contributed by atoms with van der Waals surface area (Å²) in [6.07, 6.45) is 1.27. The molecule has 3 rings (SSSR count). The first-order chi connectivity index (χ1) is 13.5. The zero-order valence-corrected chi connectivity index (χ0v) is 15.9. The van der Waals surface area contributed by atoms with Crippen molar-refractivity contribution in [3.05, 3.63) is 59.4 Å². The molecular formula is C21H23FN2O4. The summed E-state index contributed by atoms with van der Waals surface area (Å²) in [6, 6.07) is 10.6. The van der Waals surface area contributed by atoms with Crippen LogP contribution in [0.3, 0.4) is 0 Å². The average molecular weight is 386 g/mol. The van der Waals surface area contributed by atoms with Crippen LogP contribution < -0.4 is 14.8 Å². The topological polar surface area (TPSA) is 67.9 Å². The SMILES string of the molecule is COc1cc(OC)cc(C(=O)N2CCC(NC(=O)c3cccc(F)c3)CC2)c1. The second-order valence-corrected chi connectivity index (χ2v) is 6.65. The molecule has 2 aromatic rings. The molecule has 1 heterocycles. The Balaban J connectivity index is 1.59. The van der Waals surface area contributed by atoms with E-state index in [1.54, 1.807) is 29.2 Å². The van der Waals surface area contributed by atoms with Gasteiger partial charge in [0.25, 0.3) is 11.8 Å². The van der Waals surface area contributed by atoms with Crippen molar-refractivity contribution in [1.82, 2.24) is 10.2 Å². The lowest BCUT2D eigenvalue weighted by molar-refractivity contribution is 0.0697. The Bertz CT molecular complexity index is 841. The second kappa shape index (κ2) is 8.73. The quantitative estimate of drug-likeness (QED) is 0.858. The first-order valence-electron chi connectivity index (χ1n) is 9.09. The maximum Gasteiger partial charge on any atom is 0.254 e. The molecule has 6 nitrogen and oxygen atoms in total. The van der Waals surface area contributed by atoms with Crippen LogP contribution in [0, 0.1) is 5.82 Å². The molecule has 0 atom stereocenters. The number of nitrogens with zero attached hydrogens (tertiary/aromatic N) is 1. The molecule has 1 saturated heterocycles. The van der Waals surface area contributed by atoms with Crippen LogP contribution in [0.4, 0.5) is 4.39 Å². The van der Waals surface area contributed by atoms with Crippen molar-refractivity contribution in [2.75, 3.05) is 27.3 Å². The average Bonchev–Trinajstić information content (AvgIpc) is 2.73. The zero-order valence-electron chi connectivity index (χ0n) is 15.9. The number of nitrogens with one attached hydrogen (secondary N) is 1. The van der Waals surface area contributed by atoms with Crippen molar-refractivity contribution in [2.24, 2.45) is 0 Å². The molecule has 2 amide bonds. The molecular weight excluding hydrogens is 363 g/mol. The highest BCUT2D eigenvalue weighted by Crippen LogP contribution is 2.24. The van der Waals surface area contributed by atoms with Crippen LogP contribution in [0.5, 0.6) is 11.5 Å². The Labute approximate surface area is 163 Å². The van der Waals surface area contributed by atoms with Crippen molar-refractivity contribution in [1.29, 1.82) is 0 Å². The summed E-state index contributed by atoms with van der Waals surface area (Å²) in [5, 5.41) is 2.91. The monoisotopic (exact) mass is 386 g/mol. The lowest BCUT2D eigenvalue weighted by atomic mass is 10.0. The van der Waals surface area contributed by atoms with Crippen molar-refractivity contribution in [3.63, 3.8) is 0 Å². The van der Waals surface area contributed by atoms with E-state index in [0.717, 1.165) is 0 Å². The Morgan fingerprint density at radius 2 is 1.64 bits per heavy atom. The van der Waals surface area contributed by atoms with E-state index >= 15 is 0 Å². The molecule has 0 radical (unpaired) electrons. The number of carbonyl (C=O) groups is 2. The third-order valence-electron chi connectivity index (χ3n) is 4.80. The van der Waals surface area contributed by atoms with Gasteiger partial charge in [-0.1, -0.05) is 6.07 Å². The van der Waals surface area contributed by atoms with Gasteiger partial charge in [0.05, 0.1) is 14.2 Å². The normalized spacial score (nSPS) is 14.5. The minimum atomic E-state index is -0.443. The standard InChI is InChI=1S/C21H23FN2O4/c1-27-18-11-15(12-19(13-18)28-2)21(26)24-8-6-17(7-9-24)23-20(25)14-4-3-5-16(22)10-14/h3-5,10-13,17H,6-9H2,1-2H3,(H,23,25). The fraction of sp³-hybridized carbons (Fsp3) is 0.333. The first kappa shape index (κ1) is 19.7. The van der Waals surface area contributed by atoms with Gasteiger partial charge in [-0.05, 0) is 43.2 Å². The zero-order chi connectivity index (χ0) is 20.1. The molecule has 0 aromatic heterocycles. The van der Waals surface area contributed by atoms with Crippen LogP contribution in [0.1, 0.15) is 33.6 Å². The van der Waals surface area contributed by atoms with E-state index in [0.29, 0.717) is 48.6 Å². The van der Waals surface area contributed by atoms with Gasteiger partial charge in [0.15, 0.2) is 0 Å². The van der Waals surface area contributed by atoms with Crippen LogP contribution >= 0.6 is 0 Å². The summed E-state index contributed by atoms with van der Waals surface area (Å²) >= 11 is 0. The smallest absolute Gasteiger partial charge is 0.254 e. The molecule has 0 saturated carbocycles. The third-order valence-corrected chi connectivity index (χ3v) is 4.80. The Kier molecular flexibility index (Phi) is 6.13. The number of hydrogen-bond acceptors (Lipinski definition) is 4. The molecule has 2 aromatic carbocycles. The van der Waals surface area contributed by atoms with E-state index in [-0.39, 0.29) is 17.9 Å². The molecule has 0 unspecified atom stereocenters. The molecule has 7 heteroatoms. The molecule has 148 valence electrons. The lowest BCUT2D eigenvalue weighted by Gasteiger charge is -2.32. The Morgan fingerprint density at radius 3 is 2.21 bits per heavy atom. The van der Waals surface area contributed by atoms with E-state index in [1.165, 1.54) is 32.4 Å². The van der Waals surface area contributed by atoms with E-state index in [4.69, 9.17) is 9.47 Å². The van der Waals surface area contributed by atoms with Gasteiger partial charge in [0.2, 0.25) is 0 Å². The van der Waals surface area contributed by atoms with Crippen LogP contribution in [0.25, 0.3) is 0 Å². The molecule has 1 N–H and O–H groups in total. The van der Waals surface area contributed by atoms with Crippen LogP contribution in [-0.2, 0) is 0 Å². The number of carbonyl (C=O) groups excluding carboxylic acids is 2. The molecule has 0 spiro atoms. The maximum atomic E-state index is 13.3. The van der Waals surface area contributed by atoms with E-state index in [1.807, 2.05) is 0 Å². The number of halogens is 1.